The van der Waals surface area contributed by atoms with Crippen LogP contribution < -0.4 is 4.90 Å². The van der Waals surface area contributed by atoms with Gasteiger partial charge in [-0.3, -0.25) is 14.5 Å². The third-order valence-corrected chi connectivity index (χ3v) is 4.70. The van der Waals surface area contributed by atoms with Crippen molar-refractivity contribution >= 4 is 44.5 Å². The molecule has 1 saturated heterocycles. The second-order valence-corrected chi connectivity index (χ2v) is 6.48. The second kappa shape index (κ2) is 5.40. The normalized spacial score (nSPS) is 19.4. The number of rotatable bonds is 2. The number of carbonyl (C=O) groups is 2. The van der Waals surface area contributed by atoms with E-state index in [-0.39, 0.29) is 16.3 Å². The standard InChI is InChI=1S/C12H13BrN2O2S/c1-7-3-4-14-12(11(7)13)15-6-9(5-10(15)17)18-8(2)16/h3-4,9H,5-6H2,1-2H3. The largest absolute Gasteiger partial charge is 0.295 e. The molecule has 0 aromatic carbocycles. The molecular weight excluding hydrogens is 316 g/mol. The van der Waals surface area contributed by atoms with Crippen molar-refractivity contribution in [2.24, 2.45) is 0 Å². The van der Waals surface area contributed by atoms with Gasteiger partial charge in [0, 0.05) is 31.3 Å². The Kier molecular flexibility index (Phi) is 4.07. The number of hydrogen-bond donors (Lipinski definition) is 0. The summed E-state index contributed by atoms with van der Waals surface area (Å²) in [6.07, 6.45) is 2.08. The Balaban J connectivity index is 2.22. The zero-order valence-corrected chi connectivity index (χ0v) is 12.5. The third-order valence-electron chi connectivity index (χ3n) is 2.74. The third kappa shape index (κ3) is 2.75. The summed E-state index contributed by atoms with van der Waals surface area (Å²) in [5.74, 6) is 0.666. The first-order chi connectivity index (χ1) is 8.49. The number of carbonyl (C=O) groups excluding carboxylic acids is 2. The molecule has 18 heavy (non-hydrogen) atoms. The van der Waals surface area contributed by atoms with Crippen molar-refractivity contribution in [2.75, 3.05) is 11.4 Å². The van der Waals surface area contributed by atoms with Gasteiger partial charge >= 0.3 is 0 Å². The molecule has 1 aromatic rings. The smallest absolute Gasteiger partial charge is 0.229 e. The van der Waals surface area contributed by atoms with E-state index >= 15 is 0 Å². The van der Waals surface area contributed by atoms with Gasteiger partial charge in [0.2, 0.25) is 5.91 Å². The van der Waals surface area contributed by atoms with Gasteiger partial charge in [0.05, 0.1) is 4.47 Å². The molecule has 96 valence electrons. The van der Waals surface area contributed by atoms with Gasteiger partial charge in [-0.1, -0.05) is 11.8 Å². The van der Waals surface area contributed by atoms with Crippen LogP contribution in [0.5, 0.6) is 0 Å². The second-order valence-electron chi connectivity index (χ2n) is 4.21. The van der Waals surface area contributed by atoms with E-state index in [4.69, 9.17) is 0 Å². The maximum Gasteiger partial charge on any atom is 0.229 e. The number of anilines is 1. The molecule has 1 atom stereocenters. The molecule has 0 bridgehead atoms. The summed E-state index contributed by atoms with van der Waals surface area (Å²) in [5.41, 5.74) is 1.04. The van der Waals surface area contributed by atoms with Crippen LogP contribution in [-0.4, -0.2) is 27.8 Å². The molecule has 1 aliphatic heterocycles. The summed E-state index contributed by atoms with van der Waals surface area (Å²) in [7, 11) is 0. The minimum absolute atomic E-state index is 0.0209. The lowest BCUT2D eigenvalue weighted by Gasteiger charge is -2.17. The van der Waals surface area contributed by atoms with Crippen LogP contribution >= 0.6 is 27.7 Å². The summed E-state index contributed by atoms with van der Waals surface area (Å²) in [5, 5.41) is 0.0788. The first-order valence-corrected chi connectivity index (χ1v) is 7.25. The first-order valence-electron chi connectivity index (χ1n) is 5.57. The van der Waals surface area contributed by atoms with E-state index in [1.807, 2.05) is 13.0 Å². The zero-order chi connectivity index (χ0) is 13.3. The van der Waals surface area contributed by atoms with Crippen molar-refractivity contribution in [2.45, 2.75) is 25.5 Å². The van der Waals surface area contributed by atoms with Gasteiger partial charge in [-0.05, 0) is 34.5 Å². The number of nitrogens with zero attached hydrogens (tertiary/aromatic N) is 2. The van der Waals surface area contributed by atoms with Crippen molar-refractivity contribution in [1.82, 2.24) is 4.98 Å². The molecule has 2 heterocycles. The Hall–Kier alpha value is -0.880. The average Bonchev–Trinajstić information content (AvgIpc) is 2.62. The van der Waals surface area contributed by atoms with Crippen LogP contribution in [-0.2, 0) is 9.59 Å². The Bertz CT molecular complexity index is 507. The highest BCUT2D eigenvalue weighted by Gasteiger charge is 2.33. The van der Waals surface area contributed by atoms with Crippen LogP contribution in [0.15, 0.2) is 16.7 Å². The van der Waals surface area contributed by atoms with E-state index in [9.17, 15) is 9.59 Å². The molecule has 1 aliphatic rings. The molecule has 1 unspecified atom stereocenters. The number of hydrogen-bond acceptors (Lipinski definition) is 4. The summed E-state index contributed by atoms with van der Waals surface area (Å²) in [6, 6.07) is 1.88. The molecule has 0 N–H and O–H groups in total. The highest BCUT2D eigenvalue weighted by atomic mass is 79.9. The van der Waals surface area contributed by atoms with Gasteiger partial charge < -0.3 is 0 Å². The van der Waals surface area contributed by atoms with E-state index in [2.05, 4.69) is 20.9 Å². The number of pyridine rings is 1. The van der Waals surface area contributed by atoms with Crippen LogP contribution in [0.2, 0.25) is 0 Å². The van der Waals surface area contributed by atoms with Crippen LogP contribution in [0.1, 0.15) is 18.9 Å². The van der Waals surface area contributed by atoms with Gasteiger partial charge in [-0.15, -0.1) is 0 Å². The molecule has 0 aliphatic carbocycles. The quantitative estimate of drug-likeness (QED) is 0.837. The lowest BCUT2D eigenvalue weighted by molar-refractivity contribution is -0.117. The maximum atomic E-state index is 12.0. The van der Waals surface area contributed by atoms with E-state index in [0.29, 0.717) is 18.8 Å². The summed E-state index contributed by atoms with van der Waals surface area (Å²) >= 11 is 4.69. The van der Waals surface area contributed by atoms with E-state index in [1.54, 1.807) is 11.1 Å². The molecule has 4 nitrogen and oxygen atoms in total. The Morgan fingerprint density at radius 2 is 2.33 bits per heavy atom. The predicted octanol–water partition coefficient (Wildman–Crippen LogP) is 2.54. The van der Waals surface area contributed by atoms with E-state index < -0.39 is 0 Å². The summed E-state index contributed by atoms with van der Waals surface area (Å²) in [6.45, 7) is 4.02. The zero-order valence-electron chi connectivity index (χ0n) is 10.1. The van der Waals surface area contributed by atoms with Crippen LogP contribution in [0.25, 0.3) is 0 Å². The molecule has 2 rings (SSSR count). The Morgan fingerprint density at radius 3 is 3.00 bits per heavy atom. The number of amides is 1. The van der Waals surface area contributed by atoms with Crippen molar-refractivity contribution < 1.29 is 9.59 Å². The minimum atomic E-state index is 0.0209. The fourth-order valence-corrected chi connectivity index (χ4v) is 3.27. The van der Waals surface area contributed by atoms with E-state index in [1.165, 1.54) is 18.7 Å². The number of aromatic nitrogens is 1. The number of halogens is 1. The molecule has 1 amide bonds. The first kappa shape index (κ1) is 13.5. The highest BCUT2D eigenvalue weighted by molar-refractivity contribution is 9.10. The van der Waals surface area contributed by atoms with Crippen molar-refractivity contribution in [3.63, 3.8) is 0 Å². The molecule has 6 heteroatoms. The monoisotopic (exact) mass is 328 g/mol. The summed E-state index contributed by atoms with van der Waals surface area (Å²) in [4.78, 5) is 28.9. The van der Waals surface area contributed by atoms with Gasteiger partial charge in [0.25, 0.3) is 0 Å². The highest BCUT2D eigenvalue weighted by Crippen LogP contribution is 2.33. The topological polar surface area (TPSA) is 50.3 Å². The maximum absolute atomic E-state index is 12.0. The fraction of sp³-hybridized carbons (Fsp3) is 0.417. The Morgan fingerprint density at radius 1 is 1.61 bits per heavy atom. The number of thioether (sulfide) groups is 1. The van der Waals surface area contributed by atoms with Gasteiger partial charge in [-0.2, -0.15) is 0 Å². The van der Waals surface area contributed by atoms with Gasteiger partial charge in [0.15, 0.2) is 5.12 Å². The van der Waals surface area contributed by atoms with Crippen LogP contribution in [0.4, 0.5) is 5.82 Å². The van der Waals surface area contributed by atoms with Crippen LogP contribution in [0, 0.1) is 6.92 Å². The Labute approximate surface area is 118 Å². The summed E-state index contributed by atoms with van der Waals surface area (Å²) < 4.78 is 0.840. The van der Waals surface area contributed by atoms with Crippen molar-refractivity contribution in [3.8, 4) is 0 Å². The molecule has 0 radical (unpaired) electrons. The minimum Gasteiger partial charge on any atom is -0.295 e. The molecular formula is C12H13BrN2O2S. The number of aryl methyl sites for hydroxylation is 1. The fourth-order valence-electron chi connectivity index (χ4n) is 1.91. The predicted molar refractivity (Wildman–Crippen MR) is 75.7 cm³/mol. The molecule has 0 saturated carbocycles. The van der Waals surface area contributed by atoms with Gasteiger partial charge in [0.1, 0.15) is 5.82 Å². The molecule has 0 spiro atoms. The molecule has 1 fully saturated rings. The lowest BCUT2D eigenvalue weighted by Crippen LogP contribution is -2.26. The van der Waals surface area contributed by atoms with Gasteiger partial charge in [-0.25, -0.2) is 4.98 Å². The van der Waals surface area contributed by atoms with Crippen molar-refractivity contribution in [1.29, 1.82) is 0 Å². The van der Waals surface area contributed by atoms with Crippen molar-refractivity contribution in [3.05, 3.63) is 22.3 Å². The lowest BCUT2D eigenvalue weighted by atomic mass is 10.3. The molecule has 1 aromatic heterocycles. The average molecular weight is 329 g/mol. The van der Waals surface area contributed by atoms with Crippen LogP contribution in [0.3, 0.4) is 0 Å². The SMILES string of the molecule is CC(=O)SC1CC(=O)N(c2nccc(C)c2Br)C1. The van der Waals surface area contributed by atoms with E-state index in [0.717, 1.165) is 10.0 Å².